The first-order valence-electron chi connectivity index (χ1n) is 4.50. The van der Waals surface area contributed by atoms with Gasteiger partial charge in [-0.2, -0.15) is 5.10 Å². The van der Waals surface area contributed by atoms with E-state index in [1.165, 1.54) is 22.7 Å². The number of rotatable bonds is 3. The Morgan fingerprint density at radius 2 is 2.20 bits per heavy atom. The molecule has 0 saturated heterocycles. The predicted octanol–water partition coefficient (Wildman–Crippen LogP) is 0.210. The Labute approximate surface area is 87.1 Å². The van der Waals surface area contributed by atoms with Crippen molar-refractivity contribution in [2.75, 3.05) is 13.6 Å². The Hall–Kier alpha value is -1.85. The molecule has 1 aromatic heterocycles. The second kappa shape index (κ2) is 4.12. The maximum atomic E-state index is 11.6. The van der Waals surface area contributed by atoms with Crippen LogP contribution in [0.2, 0.25) is 0 Å². The molecule has 0 aromatic carbocycles. The Morgan fingerprint density at radius 3 is 2.60 bits per heavy atom. The van der Waals surface area contributed by atoms with E-state index in [9.17, 15) is 9.59 Å². The number of nitrogens with zero attached hydrogens (tertiary/aromatic N) is 3. The molecule has 0 aliphatic heterocycles. The molecule has 82 valence electrons. The number of carbonyl (C=O) groups is 2. The molecule has 1 rings (SSSR count). The third kappa shape index (κ3) is 2.15. The number of aryl methyl sites for hydroxylation is 1. The summed E-state index contributed by atoms with van der Waals surface area (Å²) in [5.74, 6) is -1.37. The summed E-state index contributed by atoms with van der Waals surface area (Å²) in [4.78, 5) is 23.8. The number of amides is 1. The number of carboxylic acid groups (broad SMARTS) is 1. The molecule has 0 aliphatic carbocycles. The van der Waals surface area contributed by atoms with E-state index in [0.717, 1.165) is 0 Å². The van der Waals surface area contributed by atoms with Crippen LogP contribution >= 0.6 is 0 Å². The number of hydrogen-bond donors (Lipinski definition) is 1. The molecule has 15 heavy (non-hydrogen) atoms. The van der Waals surface area contributed by atoms with E-state index in [2.05, 4.69) is 5.10 Å². The summed E-state index contributed by atoms with van der Waals surface area (Å²) >= 11 is 0. The van der Waals surface area contributed by atoms with Gasteiger partial charge in [0.05, 0.1) is 0 Å². The molecular weight excluding hydrogens is 198 g/mol. The molecule has 1 amide bonds. The zero-order chi connectivity index (χ0) is 11.6. The molecule has 0 aliphatic rings. The molecule has 1 aromatic rings. The van der Waals surface area contributed by atoms with Crippen LogP contribution in [0.3, 0.4) is 0 Å². The highest BCUT2D eigenvalue weighted by atomic mass is 16.4. The number of carbonyl (C=O) groups excluding carboxylic acids is 1. The monoisotopic (exact) mass is 211 g/mol. The standard InChI is InChI=1S/C9H13N3O3/c1-4-11(2)8(13)6-5-7(9(14)15)12(3)10-6/h5H,4H2,1-3H3,(H,14,15). The lowest BCUT2D eigenvalue weighted by Crippen LogP contribution is -2.26. The molecule has 0 spiro atoms. The summed E-state index contributed by atoms with van der Waals surface area (Å²) in [7, 11) is 3.13. The Kier molecular flexibility index (Phi) is 3.08. The van der Waals surface area contributed by atoms with Gasteiger partial charge in [0.25, 0.3) is 5.91 Å². The number of carboxylic acids is 1. The van der Waals surface area contributed by atoms with Crippen LogP contribution in [0.5, 0.6) is 0 Å². The minimum absolute atomic E-state index is 0.00264. The fourth-order valence-electron chi connectivity index (χ4n) is 1.11. The van der Waals surface area contributed by atoms with E-state index in [4.69, 9.17) is 5.11 Å². The molecular formula is C9H13N3O3. The van der Waals surface area contributed by atoms with Gasteiger partial charge in [0.1, 0.15) is 5.69 Å². The summed E-state index contributed by atoms with van der Waals surface area (Å²) in [6.07, 6.45) is 0. The summed E-state index contributed by atoms with van der Waals surface area (Å²) in [6.45, 7) is 2.39. The molecule has 0 unspecified atom stereocenters. The van der Waals surface area contributed by atoms with Crippen molar-refractivity contribution in [3.05, 3.63) is 17.5 Å². The highest BCUT2D eigenvalue weighted by Gasteiger charge is 2.18. The van der Waals surface area contributed by atoms with Crippen LogP contribution in [0.15, 0.2) is 6.07 Å². The molecule has 1 N–H and O–H groups in total. The second-order valence-corrected chi connectivity index (χ2v) is 3.16. The zero-order valence-corrected chi connectivity index (χ0v) is 8.89. The van der Waals surface area contributed by atoms with E-state index in [-0.39, 0.29) is 17.3 Å². The molecule has 0 atom stereocenters. The topological polar surface area (TPSA) is 75.4 Å². The van der Waals surface area contributed by atoms with Gasteiger partial charge in [-0.05, 0) is 6.92 Å². The minimum Gasteiger partial charge on any atom is -0.477 e. The summed E-state index contributed by atoms with van der Waals surface area (Å²) in [5.41, 5.74) is 0.155. The van der Waals surface area contributed by atoms with E-state index in [1.54, 1.807) is 7.05 Å². The third-order valence-corrected chi connectivity index (χ3v) is 2.14. The SMILES string of the molecule is CCN(C)C(=O)c1cc(C(=O)O)n(C)n1. The molecule has 1 heterocycles. The average molecular weight is 211 g/mol. The quantitative estimate of drug-likeness (QED) is 0.775. The maximum absolute atomic E-state index is 11.6. The lowest BCUT2D eigenvalue weighted by molar-refractivity contribution is 0.0684. The van der Waals surface area contributed by atoms with Crippen LogP contribution in [0.1, 0.15) is 27.9 Å². The average Bonchev–Trinajstić information content (AvgIpc) is 2.58. The van der Waals surface area contributed by atoms with Crippen molar-refractivity contribution < 1.29 is 14.7 Å². The van der Waals surface area contributed by atoms with Gasteiger partial charge >= 0.3 is 5.97 Å². The van der Waals surface area contributed by atoms with Crippen LogP contribution < -0.4 is 0 Å². The predicted molar refractivity (Wildman–Crippen MR) is 52.8 cm³/mol. The second-order valence-electron chi connectivity index (χ2n) is 3.16. The molecule has 0 fully saturated rings. The number of aromatic carboxylic acids is 1. The number of aromatic nitrogens is 2. The van der Waals surface area contributed by atoms with E-state index in [1.807, 2.05) is 6.92 Å². The highest BCUT2D eigenvalue weighted by molar-refractivity contribution is 5.95. The molecule has 6 heteroatoms. The van der Waals surface area contributed by atoms with Crippen LogP contribution in [-0.2, 0) is 7.05 Å². The van der Waals surface area contributed by atoms with Crippen molar-refractivity contribution in [1.82, 2.24) is 14.7 Å². The molecule has 0 saturated carbocycles. The van der Waals surface area contributed by atoms with Gasteiger partial charge in [0, 0.05) is 26.7 Å². The van der Waals surface area contributed by atoms with Crippen LogP contribution in [-0.4, -0.2) is 45.3 Å². The first-order chi connectivity index (χ1) is 6.97. The van der Waals surface area contributed by atoms with Crippen LogP contribution in [0.4, 0.5) is 0 Å². The van der Waals surface area contributed by atoms with Gasteiger partial charge in [-0.3, -0.25) is 9.48 Å². The van der Waals surface area contributed by atoms with Gasteiger partial charge in [0.15, 0.2) is 5.69 Å². The van der Waals surface area contributed by atoms with Gasteiger partial charge < -0.3 is 10.0 Å². The van der Waals surface area contributed by atoms with Gasteiger partial charge in [-0.1, -0.05) is 0 Å². The lowest BCUT2D eigenvalue weighted by atomic mass is 10.3. The van der Waals surface area contributed by atoms with Gasteiger partial charge in [-0.15, -0.1) is 0 Å². The number of hydrogen-bond acceptors (Lipinski definition) is 3. The first kappa shape index (κ1) is 11.2. The summed E-state index contributed by atoms with van der Waals surface area (Å²) in [5, 5.41) is 12.6. The minimum atomic E-state index is -1.09. The van der Waals surface area contributed by atoms with E-state index < -0.39 is 5.97 Å². The van der Waals surface area contributed by atoms with Gasteiger partial charge in [0.2, 0.25) is 0 Å². The smallest absolute Gasteiger partial charge is 0.354 e. The van der Waals surface area contributed by atoms with Crippen molar-refractivity contribution in [1.29, 1.82) is 0 Å². The van der Waals surface area contributed by atoms with Crippen molar-refractivity contribution in [3.8, 4) is 0 Å². The van der Waals surface area contributed by atoms with Crippen LogP contribution in [0, 0.1) is 0 Å². The van der Waals surface area contributed by atoms with Gasteiger partial charge in [-0.25, -0.2) is 4.79 Å². The molecule has 6 nitrogen and oxygen atoms in total. The fraction of sp³-hybridized carbons (Fsp3) is 0.444. The summed E-state index contributed by atoms with van der Waals surface area (Å²) in [6, 6.07) is 1.27. The summed E-state index contributed by atoms with van der Waals surface area (Å²) < 4.78 is 1.18. The maximum Gasteiger partial charge on any atom is 0.354 e. The largest absolute Gasteiger partial charge is 0.477 e. The van der Waals surface area contributed by atoms with Crippen LogP contribution in [0.25, 0.3) is 0 Å². The fourth-order valence-corrected chi connectivity index (χ4v) is 1.11. The van der Waals surface area contributed by atoms with E-state index in [0.29, 0.717) is 6.54 Å². The normalized spacial score (nSPS) is 10.1. The highest BCUT2D eigenvalue weighted by Crippen LogP contribution is 2.05. The van der Waals surface area contributed by atoms with Crippen molar-refractivity contribution in [2.24, 2.45) is 7.05 Å². The van der Waals surface area contributed by atoms with Crippen molar-refractivity contribution in [2.45, 2.75) is 6.92 Å². The molecule has 0 radical (unpaired) electrons. The third-order valence-electron chi connectivity index (χ3n) is 2.14. The lowest BCUT2D eigenvalue weighted by Gasteiger charge is -2.11. The van der Waals surface area contributed by atoms with Crippen molar-refractivity contribution >= 4 is 11.9 Å². The Bertz CT molecular complexity index is 397. The first-order valence-corrected chi connectivity index (χ1v) is 4.50. The molecule has 0 bridgehead atoms. The van der Waals surface area contributed by atoms with E-state index >= 15 is 0 Å². The zero-order valence-electron chi connectivity index (χ0n) is 8.89. The van der Waals surface area contributed by atoms with Crippen molar-refractivity contribution in [3.63, 3.8) is 0 Å². The Balaban J connectivity index is 3.02. The Morgan fingerprint density at radius 1 is 1.60 bits per heavy atom.